The lowest BCUT2D eigenvalue weighted by Gasteiger charge is -2.09. The number of hydrogen-bond acceptors (Lipinski definition) is 6. The largest absolute Gasteiger partial charge is 0.366 e. The molecule has 9 heteroatoms. The van der Waals surface area contributed by atoms with Crippen molar-refractivity contribution >= 4 is 57.2 Å². The molecule has 0 fully saturated rings. The van der Waals surface area contributed by atoms with Crippen LogP contribution in [0.1, 0.15) is 26.5 Å². The molecule has 0 unspecified atom stereocenters. The smallest absolute Gasteiger partial charge is 0.251 e. The van der Waals surface area contributed by atoms with E-state index in [0.717, 1.165) is 26.2 Å². The van der Waals surface area contributed by atoms with E-state index in [4.69, 9.17) is 17.3 Å². The van der Waals surface area contributed by atoms with E-state index in [-0.39, 0.29) is 18.3 Å². The third kappa shape index (κ3) is 5.51. The van der Waals surface area contributed by atoms with E-state index in [0.29, 0.717) is 36.0 Å². The fourth-order valence-electron chi connectivity index (χ4n) is 3.06. The van der Waals surface area contributed by atoms with Gasteiger partial charge in [0.05, 0.1) is 17.3 Å². The summed E-state index contributed by atoms with van der Waals surface area (Å²) >= 11 is 8.06. The molecule has 4 aromatic rings. The van der Waals surface area contributed by atoms with Gasteiger partial charge in [-0.3, -0.25) is 4.79 Å². The van der Waals surface area contributed by atoms with Gasteiger partial charge in [-0.15, -0.1) is 23.7 Å². The van der Waals surface area contributed by atoms with Crippen LogP contribution in [-0.2, 0) is 19.6 Å². The second-order valence-electron chi connectivity index (χ2n) is 6.67. The number of carbonyl (C=O) groups is 1. The van der Waals surface area contributed by atoms with E-state index >= 15 is 0 Å². The molecule has 0 saturated heterocycles. The number of aromatic nitrogens is 2. The van der Waals surface area contributed by atoms with Crippen molar-refractivity contribution in [2.24, 2.45) is 5.73 Å². The number of thiophene rings is 1. The topological polar surface area (TPSA) is 92.9 Å². The number of fused-ring (bicyclic) bond motifs is 1. The molecule has 2 aromatic heterocycles. The summed E-state index contributed by atoms with van der Waals surface area (Å²) in [4.78, 5) is 21.9. The number of hydrogen-bond donors (Lipinski definition) is 3. The fourth-order valence-corrected chi connectivity index (χ4v) is 4.50. The van der Waals surface area contributed by atoms with Gasteiger partial charge >= 0.3 is 0 Å². The lowest BCUT2D eigenvalue weighted by molar-refractivity contribution is 0.0951. The highest BCUT2D eigenvalue weighted by molar-refractivity contribution is 7.19. The predicted octanol–water partition coefficient (Wildman–Crippen LogP) is 4.77. The highest BCUT2D eigenvalue weighted by Gasteiger charge is 2.12. The second kappa shape index (κ2) is 10.5. The number of benzene rings is 2. The van der Waals surface area contributed by atoms with Crippen molar-refractivity contribution in [3.63, 3.8) is 0 Å². The van der Waals surface area contributed by atoms with Crippen LogP contribution < -0.4 is 16.4 Å². The van der Waals surface area contributed by atoms with Gasteiger partial charge in [0, 0.05) is 39.7 Å². The molecule has 31 heavy (non-hydrogen) atoms. The Kier molecular flexibility index (Phi) is 7.81. The van der Waals surface area contributed by atoms with Gasteiger partial charge in [0.1, 0.15) is 12.1 Å². The van der Waals surface area contributed by atoms with E-state index in [9.17, 15) is 4.79 Å². The number of nitrogens with one attached hydrogen (secondary N) is 2. The van der Waals surface area contributed by atoms with Crippen LogP contribution in [0, 0.1) is 0 Å². The molecule has 6 nitrogen and oxygen atoms in total. The quantitative estimate of drug-likeness (QED) is 0.359. The molecule has 0 aliphatic heterocycles. The maximum atomic E-state index is 12.6. The lowest BCUT2D eigenvalue weighted by Crippen LogP contribution is -2.22. The molecule has 160 valence electrons. The van der Waals surface area contributed by atoms with Gasteiger partial charge in [-0.2, -0.15) is 0 Å². The lowest BCUT2D eigenvalue weighted by atomic mass is 10.1. The molecule has 1 amide bonds. The first kappa shape index (κ1) is 23.0. The van der Waals surface area contributed by atoms with Gasteiger partial charge in [0.15, 0.2) is 0 Å². The molecule has 4 rings (SSSR count). The molecular weight excluding hydrogens is 453 g/mol. The monoisotopic (exact) mass is 473 g/mol. The molecular formula is C22H21Cl2N5OS. The second-order valence-corrected chi connectivity index (χ2v) is 8.19. The van der Waals surface area contributed by atoms with Crippen LogP contribution in [0.25, 0.3) is 10.1 Å². The molecule has 0 spiro atoms. The summed E-state index contributed by atoms with van der Waals surface area (Å²) in [5.74, 6) is 0.553. The number of rotatable bonds is 7. The van der Waals surface area contributed by atoms with Crippen molar-refractivity contribution in [2.45, 2.75) is 19.6 Å². The zero-order chi connectivity index (χ0) is 20.9. The Morgan fingerprint density at radius 3 is 2.71 bits per heavy atom. The van der Waals surface area contributed by atoms with E-state index in [1.54, 1.807) is 17.4 Å². The summed E-state index contributed by atoms with van der Waals surface area (Å²) in [6, 6.07) is 17.2. The molecule has 0 atom stereocenters. The highest BCUT2D eigenvalue weighted by atomic mass is 35.5. The third-order valence-electron chi connectivity index (χ3n) is 4.61. The summed E-state index contributed by atoms with van der Waals surface area (Å²) < 4.78 is 1.11. The Balaban J connectivity index is 0.00000272. The van der Waals surface area contributed by atoms with Crippen molar-refractivity contribution in [1.29, 1.82) is 0 Å². The van der Waals surface area contributed by atoms with Crippen LogP contribution in [0.5, 0.6) is 0 Å². The summed E-state index contributed by atoms with van der Waals surface area (Å²) in [6.07, 6.45) is 1.48. The van der Waals surface area contributed by atoms with Gasteiger partial charge in [-0.05, 0) is 23.8 Å². The standard InChI is InChI=1S/C22H20ClN5OS.ClH/c23-21-17-6-1-2-7-18(17)30-19(21)12-26-22(29)15-5-3-4-14(8-15)11-25-20-9-16(10-24)27-13-28-20;/h1-9,13H,10-12,24H2,(H,26,29)(H,25,27,28);1H. The predicted molar refractivity (Wildman–Crippen MR) is 129 cm³/mol. The normalized spacial score (nSPS) is 10.5. The van der Waals surface area contributed by atoms with Gasteiger partial charge in [-0.1, -0.05) is 41.9 Å². The number of amides is 1. The Hall–Kier alpha value is -2.71. The fraction of sp³-hybridized carbons (Fsp3) is 0.136. The molecule has 0 saturated carbocycles. The van der Waals surface area contributed by atoms with Crippen LogP contribution in [-0.4, -0.2) is 15.9 Å². The van der Waals surface area contributed by atoms with Crippen LogP contribution in [0.15, 0.2) is 60.9 Å². The van der Waals surface area contributed by atoms with Crippen LogP contribution in [0.2, 0.25) is 5.02 Å². The Bertz CT molecular complexity index is 1200. The maximum Gasteiger partial charge on any atom is 0.251 e. The number of nitrogens with zero attached hydrogens (tertiary/aromatic N) is 2. The Morgan fingerprint density at radius 2 is 1.90 bits per heavy atom. The summed E-state index contributed by atoms with van der Waals surface area (Å²) in [5.41, 5.74) is 7.94. The number of anilines is 1. The summed E-state index contributed by atoms with van der Waals surface area (Å²) in [6.45, 7) is 1.28. The molecule has 2 heterocycles. The molecule has 0 radical (unpaired) electrons. The van der Waals surface area contributed by atoms with Crippen molar-refractivity contribution < 1.29 is 4.79 Å². The van der Waals surface area contributed by atoms with E-state index in [1.807, 2.05) is 48.5 Å². The van der Waals surface area contributed by atoms with Crippen LogP contribution in [0.3, 0.4) is 0 Å². The first-order valence-corrected chi connectivity index (χ1v) is 10.6. The van der Waals surface area contributed by atoms with Gasteiger partial charge in [-0.25, -0.2) is 9.97 Å². The van der Waals surface area contributed by atoms with Crippen LogP contribution in [0.4, 0.5) is 5.82 Å². The van der Waals surface area contributed by atoms with E-state index in [2.05, 4.69) is 20.6 Å². The van der Waals surface area contributed by atoms with Gasteiger partial charge in [0.25, 0.3) is 5.91 Å². The minimum Gasteiger partial charge on any atom is -0.366 e. The van der Waals surface area contributed by atoms with Crippen molar-refractivity contribution in [3.8, 4) is 0 Å². The number of halogens is 2. The first-order valence-electron chi connectivity index (χ1n) is 9.42. The van der Waals surface area contributed by atoms with Crippen molar-refractivity contribution in [2.75, 3.05) is 5.32 Å². The van der Waals surface area contributed by atoms with Crippen molar-refractivity contribution in [1.82, 2.24) is 15.3 Å². The average Bonchev–Trinajstić information content (AvgIpc) is 3.12. The van der Waals surface area contributed by atoms with E-state index in [1.165, 1.54) is 6.33 Å². The van der Waals surface area contributed by atoms with Crippen LogP contribution >= 0.6 is 35.3 Å². The molecule has 2 aromatic carbocycles. The number of nitrogens with two attached hydrogens (primary N) is 1. The molecule has 4 N–H and O–H groups in total. The molecule has 0 aliphatic rings. The maximum absolute atomic E-state index is 12.6. The SMILES string of the molecule is Cl.NCc1cc(NCc2cccc(C(=O)NCc3sc4ccccc4c3Cl)c2)ncn1. The van der Waals surface area contributed by atoms with Gasteiger partial charge < -0.3 is 16.4 Å². The molecule has 0 bridgehead atoms. The van der Waals surface area contributed by atoms with Gasteiger partial charge in [0.2, 0.25) is 0 Å². The summed E-state index contributed by atoms with van der Waals surface area (Å²) in [5, 5.41) is 7.91. The first-order chi connectivity index (χ1) is 14.6. The average molecular weight is 474 g/mol. The number of carbonyl (C=O) groups excluding carboxylic acids is 1. The zero-order valence-electron chi connectivity index (χ0n) is 16.5. The summed E-state index contributed by atoms with van der Waals surface area (Å²) in [7, 11) is 0. The third-order valence-corrected chi connectivity index (χ3v) is 6.32. The Morgan fingerprint density at radius 1 is 1.06 bits per heavy atom. The minimum atomic E-state index is -0.141. The highest BCUT2D eigenvalue weighted by Crippen LogP contribution is 2.35. The minimum absolute atomic E-state index is 0. The molecule has 0 aliphatic carbocycles. The zero-order valence-corrected chi connectivity index (χ0v) is 18.9. The van der Waals surface area contributed by atoms with E-state index < -0.39 is 0 Å². The Labute approximate surface area is 195 Å². The van der Waals surface area contributed by atoms with Crippen molar-refractivity contribution in [3.05, 3.63) is 87.6 Å².